The first-order chi connectivity index (χ1) is 14.0. The average Bonchev–Trinajstić information content (AvgIpc) is 3.00. The smallest absolute Gasteiger partial charge is 0.269 e. The second-order valence-corrected chi connectivity index (χ2v) is 8.37. The van der Waals surface area contributed by atoms with E-state index < -0.39 is 4.92 Å². The molecular formula is C21H26N4O3S. The molecule has 29 heavy (non-hydrogen) atoms. The number of hydrogen-bond donors (Lipinski definition) is 1. The van der Waals surface area contributed by atoms with Crippen LogP contribution in [0.3, 0.4) is 0 Å². The third-order valence-electron chi connectivity index (χ3n) is 5.27. The minimum absolute atomic E-state index is 0.0363. The molecule has 8 heteroatoms. The number of nitrogens with zero attached hydrogens (tertiary/aromatic N) is 3. The number of non-ortho nitro benzene ring substituents is 1. The maximum absolute atomic E-state index is 12.0. The highest BCUT2D eigenvalue weighted by Crippen LogP contribution is 2.31. The van der Waals surface area contributed by atoms with Gasteiger partial charge in [0.15, 0.2) is 0 Å². The predicted molar refractivity (Wildman–Crippen MR) is 116 cm³/mol. The van der Waals surface area contributed by atoms with Crippen molar-refractivity contribution in [2.45, 2.75) is 56.9 Å². The van der Waals surface area contributed by atoms with E-state index in [1.54, 1.807) is 18.3 Å². The lowest BCUT2D eigenvalue weighted by molar-refractivity contribution is -0.384. The fraction of sp³-hybridized carbons (Fsp3) is 0.429. The largest absolute Gasteiger partial charge is 0.345 e. The molecule has 1 fully saturated rings. The van der Waals surface area contributed by atoms with E-state index in [1.165, 1.54) is 67.4 Å². The van der Waals surface area contributed by atoms with Crippen molar-refractivity contribution in [2.24, 2.45) is 5.10 Å². The number of rotatable bonds is 7. The lowest BCUT2D eigenvalue weighted by Crippen LogP contribution is -2.19. The Bertz CT molecular complexity index is 899. The Kier molecular flexibility index (Phi) is 7.09. The van der Waals surface area contributed by atoms with E-state index >= 15 is 0 Å². The highest BCUT2D eigenvalue weighted by molar-refractivity contribution is 8.00. The van der Waals surface area contributed by atoms with Crippen LogP contribution in [0.15, 0.2) is 40.3 Å². The molecule has 1 amide bonds. The van der Waals surface area contributed by atoms with Crippen LogP contribution in [0.4, 0.5) is 5.69 Å². The molecule has 1 aromatic heterocycles. The monoisotopic (exact) mass is 414 g/mol. The topological polar surface area (TPSA) is 89.5 Å². The van der Waals surface area contributed by atoms with E-state index in [4.69, 9.17) is 0 Å². The number of amides is 1. The zero-order valence-corrected chi connectivity index (χ0v) is 17.6. The summed E-state index contributed by atoms with van der Waals surface area (Å²) in [6.07, 6.45) is 8.05. The van der Waals surface area contributed by atoms with Gasteiger partial charge in [-0.3, -0.25) is 14.9 Å². The van der Waals surface area contributed by atoms with Crippen molar-refractivity contribution in [3.8, 4) is 0 Å². The number of thioether (sulfide) groups is 1. The number of aryl methyl sites for hydroxylation is 1. The number of nitrogens with one attached hydrogen (secondary N) is 1. The third kappa shape index (κ3) is 5.47. The molecule has 1 saturated carbocycles. The molecule has 7 nitrogen and oxygen atoms in total. The predicted octanol–water partition coefficient (Wildman–Crippen LogP) is 4.76. The summed E-state index contributed by atoms with van der Waals surface area (Å²) in [4.78, 5) is 23.0. The maximum Gasteiger partial charge on any atom is 0.269 e. The number of benzene rings is 1. The van der Waals surface area contributed by atoms with Crippen molar-refractivity contribution in [3.63, 3.8) is 0 Å². The molecule has 0 radical (unpaired) electrons. The fourth-order valence-corrected chi connectivity index (χ4v) is 4.54. The lowest BCUT2D eigenvalue weighted by atomic mass is 9.95. The van der Waals surface area contributed by atoms with Crippen molar-refractivity contribution in [1.29, 1.82) is 0 Å². The van der Waals surface area contributed by atoms with Crippen LogP contribution in [0.1, 0.15) is 55.1 Å². The third-order valence-corrected chi connectivity index (χ3v) is 6.29. The summed E-state index contributed by atoms with van der Waals surface area (Å²) < 4.78 is 2.41. The second kappa shape index (κ2) is 9.73. The molecular weight excluding hydrogens is 388 g/mol. The summed E-state index contributed by atoms with van der Waals surface area (Å²) in [6, 6.07) is 8.82. The van der Waals surface area contributed by atoms with E-state index in [-0.39, 0.29) is 17.3 Å². The summed E-state index contributed by atoms with van der Waals surface area (Å²) in [7, 11) is 0. The van der Waals surface area contributed by atoms with Crippen molar-refractivity contribution in [3.05, 3.63) is 57.4 Å². The Morgan fingerprint density at radius 1 is 1.28 bits per heavy atom. The number of nitro groups is 1. The first kappa shape index (κ1) is 21.1. The van der Waals surface area contributed by atoms with Crippen LogP contribution in [-0.2, 0) is 4.79 Å². The minimum Gasteiger partial charge on any atom is -0.345 e. The van der Waals surface area contributed by atoms with Crippen LogP contribution in [0.2, 0.25) is 0 Å². The minimum atomic E-state index is -0.443. The number of hydrogen-bond acceptors (Lipinski definition) is 5. The molecule has 154 valence electrons. The first-order valence-corrected chi connectivity index (χ1v) is 10.8. The second-order valence-electron chi connectivity index (χ2n) is 7.32. The number of nitro benzene ring substituents is 1. The highest BCUT2D eigenvalue weighted by Gasteiger charge is 2.19. The van der Waals surface area contributed by atoms with Crippen LogP contribution in [-0.4, -0.2) is 27.4 Å². The maximum atomic E-state index is 12.0. The van der Waals surface area contributed by atoms with E-state index in [1.807, 2.05) is 0 Å². The van der Waals surface area contributed by atoms with Gasteiger partial charge in [-0.1, -0.05) is 19.3 Å². The molecule has 1 N–H and O–H groups in total. The standard InChI is InChI=1S/C21H26N4O3S/c1-15-12-17(16(2)24(15)18-6-4-3-5-7-18)13-22-23-21(26)14-29-20-10-8-19(9-11-20)25(27)28/h8-13,18H,3-7,14H2,1-2H3,(H,23,26)/b22-13-. The SMILES string of the molecule is Cc1cc(/C=N\NC(=O)CSc2ccc([N+](=O)[O-])cc2)c(C)n1C1CCCCC1. The van der Waals surface area contributed by atoms with Gasteiger partial charge in [-0.15, -0.1) is 11.8 Å². The Morgan fingerprint density at radius 3 is 2.62 bits per heavy atom. The van der Waals surface area contributed by atoms with Gasteiger partial charge >= 0.3 is 0 Å². The van der Waals surface area contributed by atoms with E-state index in [2.05, 4.69) is 35.0 Å². The molecule has 0 saturated heterocycles. The molecule has 0 aliphatic heterocycles. The first-order valence-electron chi connectivity index (χ1n) is 9.83. The molecule has 1 aliphatic rings. The van der Waals surface area contributed by atoms with Crippen molar-refractivity contribution < 1.29 is 9.72 Å². The van der Waals surface area contributed by atoms with Gasteiger partial charge in [-0.05, 0) is 44.9 Å². The molecule has 1 aromatic carbocycles. The quantitative estimate of drug-likeness (QED) is 0.306. The summed E-state index contributed by atoms with van der Waals surface area (Å²) in [5.41, 5.74) is 6.04. The van der Waals surface area contributed by atoms with Crippen LogP contribution in [0.5, 0.6) is 0 Å². The van der Waals surface area contributed by atoms with E-state index in [0.717, 1.165) is 10.5 Å². The fourth-order valence-electron chi connectivity index (χ4n) is 3.85. The molecule has 2 aromatic rings. The zero-order chi connectivity index (χ0) is 20.8. The number of carbonyl (C=O) groups is 1. The van der Waals surface area contributed by atoms with E-state index in [0.29, 0.717) is 6.04 Å². The van der Waals surface area contributed by atoms with Gasteiger partial charge in [-0.25, -0.2) is 5.43 Å². The lowest BCUT2D eigenvalue weighted by Gasteiger charge is -2.26. The summed E-state index contributed by atoms with van der Waals surface area (Å²) in [5, 5.41) is 14.8. The normalized spacial score (nSPS) is 15.0. The average molecular weight is 415 g/mol. The Balaban J connectivity index is 1.53. The van der Waals surface area contributed by atoms with Crippen molar-refractivity contribution in [2.75, 3.05) is 5.75 Å². The van der Waals surface area contributed by atoms with Gasteiger partial charge in [0.05, 0.1) is 16.9 Å². The molecule has 1 aliphatic carbocycles. The summed E-state index contributed by atoms with van der Waals surface area (Å²) in [5.74, 6) is -0.0262. The van der Waals surface area contributed by atoms with Crippen molar-refractivity contribution >= 4 is 29.6 Å². The molecule has 0 bridgehead atoms. The van der Waals surface area contributed by atoms with Crippen LogP contribution < -0.4 is 5.43 Å². The Hall–Kier alpha value is -2.61. The highest BCUT2D eigenvalue weighted by atomic mass is 32.2. The molecule has 0 spiro atoms. The van der Waals surface area contributed by atoms with Crippen LogP contribution >= 0.6 is 11.8 Å². The van der Waals surface area contributed by atoms with Gasteiger partial charge in [0.1, 0.15) is 0 Å². The molecule has 1 heterocycles. The van der Waals surface area contributed by atoms with Gasteiger partial charge < -0.3 is 4.57 Å². The summed E-state index contributed by atoms with van der Waals surface area (Å²) >= 11 is 1.31. The zero-order valence-electron chi connectivity index (χ0n) is 16.8. The van der Waals surface area contributed by atoms with E-state index in [9.17, 15) is 14.9 Å². The van der Waals surface area contributed by atoms with Crippen molar-refractivity contribution in [1.82, 2.24) is 9.99 Å². The Morgan fingerprint density at radius 2 is 1.97 bits per heavy atom. The number of carbonyl (C=O) groups excluding carboxylic acids is 1. The summed E-state index contributed by atoms with van der Waals surface area (Å²) in [6.45, 7) is 4.23. The van der Waals surface area contributed by atoms with Gasteiger partial charge in [0.25, 0.3) is 5.69 Å². The van der Waals surface area contributed by atoms with Gasteiger partial charge in [-0.2, -0.15) is 5.10 Å². The number of hydrazone groups is 1. The molecule has 0 atom stereocenters. The Labute approximate surface area is 174 Å². The van der Waals surface area contributed by atoms with Gasteiger partial charge in [0.2, 0.25) is 5.91 Å². The number of aromatic nitrogens is 1. The molecule has 3 rings (SSSR count). The molecule has 0 unspecified atom stereocenters. The van der Waals surface area contributed by atoms with Crippen LogP contribution in [0.25, 0.3) is 0 Å². The van der Waals surface area contributed by atoms with Crippen LogP contribution in [0, 0.1) is 24.0 Å². The van der Waals surface area contributed by atoms with Gasteiger partial charge in [0, 0.05) is 40.0 Å².